The van der Waals surface area contributed by atoms with Gasteiger partial charge in [-0.1, -0.05) is 18.2 Å². The number of fused-ring (bicyclic) bond motifs is 4. The highest BCUT2D eigenvalue weighted by Gasteiger charge is 2.45. The van der Waals surface area contributed by atoms with Crippen LogP contribution < -0.4 is 4.74 Å². The Kier molecular flexibility index (Phi) is 1.74. The summed E-state index contributed by atoms with van der Waals surface area (Å²) in [4.78, 5) is 4.44. The maximum Gasteiger partial charge on any atom is 0.124 e. The van der Waals surface area contributed by atoms with Crippen LogP contribution in [0.25, 0.3) is 0 Å². The first-order chi connectivity index (χ1) is 8.79. The summed E-state index contributed by atoms with van der Waals surface area (Å²) in [6, 6.07) is 12.6. The van der Waals surface area contributed by atoms with Crippen molar-refractivity contribution in [2.45, 2.75) is 5.41 Å². The van der Waals surface area contributed by atoms with Gasteiger partial charge in [0.25, 0.3) is 0 Å². The van der Waals surface area contributed by atoms with Crippen molar-refractivity contribution in [1.29, 1.82) is 0 Å². The molecule has 2 nitrogen and oxygen atoms in total. The lowest BCUT2D eigenvalue weighted by molar-refractivity contribution is 0.328. The first kappa shape index (κ1) is 9.83. The maximum atomic E-state index is 13.5. The number of aliphatic imine (C=N–C) groups is 1. The van der Waals surface area contributed by atoms with Crippen molar-refractivity contribution in [3.63, 3.8) is 0 Å². The minimum absolute atomic E-state index is 0.239. The highest BCUT2D eigenvalue weighted by atomic mass is 19.1. The first-order valence-corrected chi connectivity index (χ1v) is 5.87. The minimum atomic E-state index is -0.409. The summed E-state index contributed by atoms with van der Waals surface area (Å²) in [7, 11) is 0. The number of nitrogens with zero attached hydrogens (tertiary/aromatic N) is 1. The molecule has 1 spiro atoms. The van der Waals surface area contributed by atoms with E-state index in [0.717, 1.165) is 22.6 Å². The Bertz CT molecular complexity index is 680. The Hall–Kier alpha value is -2.16. The van der Waals surface area contributed by atoms with Crippen LogP contribution in [0.1, 0.15) is 11.1 Å². The van der Waals surface area contributed by atoms with Crippen LogP contribution in [0.3, 0.4) is 0 Å². The first-order valence-electron chi connectivity index (χ1n) is 5.87. The van der Waals surface area contributed by atoms with Gasteiger partial charge in [-0.25, -0.2) is 4.39 Å². The highest BCUT2D eigenvalue weighted by molar-refractivity contribution is 5.91. The molecule has 0 bridgehead atoms. The molecule has 2 aliphatic heterocycles. The number of rotatable bonds is 0. The molecule has 0 amide bonds. The lowest BCUT2D eigenvalue weighted by Gasteiger charge is -2.20. The van der Waals surface area contributed by atoms with E-state index >= 15 is 0 Å². The molecule has 2 heterocycles. The van der Waals surface area contributed by atoms with E-state index < -0.39 is 5.41 Å². The summed E-state index contributed by atoms with van der Waals surface area (Å²) in [6.45, 7) is 0.492. The summed E-state index contributed by atoms with van der Waals surface area (Å²) in [5, 5.41) is 0. The highest BCUT2D eigenvalue weighted by Crippen LogP contribution is 2.48. The van der Waals surface area contributed by atoms with Gasteiger partial charge < -0.3 is 4.74 Å². The number of hydrogen-bond acceptors (Lipinski definition) is 2. The van der Waals surface area contributed by atoms with Crippen molar-refractivity contribution in [2.75, 3.05) is 6.61 Å². The third-order valence-electron chi connectivity index (χ3n) is 3.69. The Morgan fingerprint density at radius 1 is 1.11 bits per heavy atom. The summed E-state index contributed by atoms with van der Waals surface area (Å²) >= 11 is 0. The molecule has 0 saturated heterocycles. The molecule has 1 atom stereocenters. The molecule has 3 heteroatoms. The monoisotopic (exact) mass is 239 g/mol. The molecule has 2 aliphatic rings. The number of halogens is 1. The molecular weight excluding hydrogens is 229 g/mol. The minimum Gasteiger partial charge on any atom is -0.492 e. The van der Waals surface area contributed by atoms with E-state index in [2.05, 4.69) is 4.99 Å². The SMILES string of the molecule is Fc1ccc2c(c1)C1(C=Nc3ccccc31)CO2. The van der Waals surface area contributed by atoms with Gasteiger partial charge in [0.05, 0.1) is 11.1 Å². The number of benzene rings is 2. The van der Waals surface area contributed by atoms with Crippen molar-refractivity contribution in [3.8, 4) is 5.75 Å². The van der Waals surface area contributed by atoms with Crippen molar-refractivity contribution in [1.82, 2.24) is 0 Å². The predicted octanol–water partition coefficient (Wildman–Crippen LogP) is 3.22. The number of para-hydroxylation sites is 1. The Morgan fingerprint density at radius 2 is 2.00 bits per heavy atom. The molecule has 1 unspecified atom stereocenters. The average Bonchev–Trinajstić information content (AvgIpc) is 2.95. The van der Waals surface area contributed by atoms with Crippen LogP contribution in [-0.2, 0) is 5.41 Å². The fourth-order valence-electron chi connectivity index (χ4n) is 2.79. The zero-order chi connectivity index (χ0) is 12.2. The van der Waals surface area contributed by atoms with Crippen LogP contribution in [0.5, 0.6) is 5.75 Å². The van der Waals surface area contributed by atoms with Gasteiger partial charge in [0, 0.05) is 11.8 Å². The largest absolute Gasteiger partial charge is 0.492 e. The summed E-state index contributed by atoms with van der Waals surface area (Å²) in [5.41, 5.74) is 2.50. The fraction of sp³-hybridized carbons (Fsp3) is 0.133. The molecule has 0 saturated carbocycles. The van der Waals surface area contributed by atoms with Crippen molar-refractivity contribution >= 4 is 11.9 Å². The van der Waals surface area contributed by atoms with E-state index in [1.54, 1.807) is 12.1 Å². The second kappa shape index (κ2) is 3.19. The average molecular weight is 239 g/mol. The van der Waals surface area contributed by atoms with Gasteiger partial charge in [-0.05, 0) is 29.8 Å². The Morgan fingerprint density at radius 3 is 2.94 bits per heavy atom. The third-order valence-corrected chi connectivity index (χ3v) is 3.69. The van der Waals surface area contributed by atoms with Crippen molar-refractivity contribution in [2.24, 2.45) is 4.99 Å². The molecule has 88 valence electrons. The van der Waals surface area contributed by atoms with E-state index in [1.165, 1.54) is 6.07 Å². The summed E-state index contributed by atoms with van der Waals surface area (Å²) < 4.78 is 19.2. The molecule has 2 aromatic rings. The van der Waals surface area contributed by atoms with Gasteiger partial charge in [-0.2, -0.15) is 0 Å². The molecule has 0 radical (unpaired) electrons. The van der Waals surface area contributed by atoms with Crippen LogP contribution in [0, 0.1) is 5.82 Å². The van der Waals surface area contributed by atoms with Gasteiger partial charge in [-0.3, -0.25) is 4.99 Å². The van der Waals surface area contributed by atoms with Gasteiger partial charge in [0.2, 0.25) is 0 Å². The molecule has 0 aliphatic carbocycles. The van der Waals surface area contributed by atoms with Gasteiger partial charge >= 0.3 is 0 Å². The zero-order valence-electron chi connectivity index (χ0n) is 9.56. The second-order valence-electron chi connectivity index (χ2n) is 4.68. The smallest absolute Gasteiger partial charge is 0.124 e. The molecule has 18 heavy (non-hydrogen) atoms. The molecule has 4 rings (SSSR count). The lowest BCUT2D eigenvalue weighted by Crippen LogP contribution is -2.28. The van der Waals surface area contributed by atoms with E-state index in [1.807, 2.05) is 30.5 Å². The summed E-state index contributed by atoms with van der Waals surface area (Å²) in [6.07, 6.45) is 1.88. The second-order valence-corrected chi connectivity index (χ2v) is 4.68. The number of hydrogen-bond donors (Lipinski definition) is 0. The van der Waals surface area contributed by atoms with Crippen LogP contribution in [0.4, 0.5) is 10.1 Å². The van der Waals surface area contributed by atoms with Gasteiger partial charge in [-0.15, -0.1) is 0 Å². The van der Waals surface area contributed by atoms with Crippen LogP contribution in [0.15, 0.2) is 47.5 Å². The standard InChI is InChI=1S/C15H10FNO/c16-10-5-6-14-12(7-10)15(9-18-14)8-17-13-4-2-1-3-11(13)15/h1-8H,9H2. The van der Waals surface area contributed by atoms with E-state index in [-0.39, 0.29) is 5.82 Å². The van der Waals surface area contributed by atoms with E-state index in [0.29, 0.717) is 6.61 Å². The number of ether oxygens (including phenoxy) is 1. The fourth-order valence-corrected chi connectivity index (χ4v) is 2.79. The van der Waals surface area contributed by atoms with Crippen LogP contribution in [-0.4, -0.2) is 12.8 Å². The maximum absolute atomic E-state index is 13.5. The van der Waals surface area contributed by atoms with Crippen LogP contribution >= 0.6 is 0 Å². The molecular formula is C15H10FNO. The zero-order valence-corrected chi connectivity index (χ0v) is 9.56. The predicted molar refractivity (Wildman–Crippen MR) is 67.3 cm³/mol. The summed E-state index contributed by atoms with van der Waals surface area (Å²) in [5.74, 6) is 0.510. The van der Waals surface area contributed by atoms with Crippen LogP contribution in [0.2, 0.25) is 0 Å². The van der Waals surface area contributed by atoms with E-state index in [9.17, 15) is 4.39 Å². The molecule has 0 fully saturated rings. The van der Waals surface area contributed by atoms with Gasteiger partial charge in [0.1, 0.15) is 18.2 Å². The Labute approximate surface area is 104 Å². The van der Waals surface area contributed by atoms with Crippen molar-refractivity contribution in [3.05, 3.63) is 59.4 Å². The Balaban J connectivity index is 2.00. The van der Waals surface area contributed by atoms with Crippen molar-refractivity contribution < 1.29 is 9.13 Å². The van der Waals surface area contributed by atoms with E-state index in [4.69, 9.17) is 4.74 Å². The lowest BCUT2D eigenvalue weighted by atomic mass is 9.78. The van der Waals surface area contributed by atoms with Gasteiger partial charge in [0.15, 0.2) is 0 Å². The normalized spacial score (nSPS) is 22.9. The topological polar surface area (TPSA) is 21.6 Å². The molecule has 2 aromatic carbocycles. The third kappa shape index (κ3) is 1.09. The molecule has 0 N–H and O–H groups in total. The molecule has 0 aromatic heterocycles. The quantitative estimate of drug-likeness (QED) is 0.691.